The molecule has 6 atom stereocenters. The number of rotatable bonds is 0. The van der Waals surface area contributed by atoms with Crippen molar-refractivity contribution in [1.29, 1.82) is 0 Å². The lowest BCUT2D eigenvalue weighted by Gasteiger charge is -2.63. The molecule has 2 aliphatic heterocycles. The Labute approximate surface area is 142 Å². The van der Waals surface area contributed by atoms with Crippen LogP contribution in [0.2, 0.25) is 0 Å². The van der Waals surface area contributed by atoms with E-state index in [9.17, 15) is 0 Å². The maximum absolute atomic E-state index is 6.95. The van der Waals surface area contributed by atoms with Crippen LogP contribution in [0, 0.1) is 22.7 Å². The van der Waals surface area contributed by atoms with E-state index in [4.69, 9.17) is 9.47 Å². The molecule has 132 valence electrons. The second-order valence-electron chi connectivity index (χ2n) is 10.7. The van der Waals surface area contributed by atoms with Gasteiger partial charge in [-0.25, -0.2) is 0 Å². The van der Waals surface area contributed by atoms with Crippen LogP contribution in [0.4, 0.5) is 0 Å². The molecule has 2 heterocycles. The molecule has 4 fully saturated rings. The zero-order valence-electron chi connectivity index (χ0n) is 16.1. The van der Waals surface area contributed by atoms with Gasteiger partial charge in [-0.1, -0.05) is 27.2 Å². The van der Waals surface area contributed by atoms with Crippen LogP contribution in [-0.2, 0) is 9.47 Å². The van der Waals surface area contributed by atoms with Crippen molar-refractivity contribution in [3.63, 3.8) is 0 Å². The summed E-state index contributed by atoms with van der Waals surface area (Å²) in [4.78, 5) is 0. The second-order valence-corrected chi connectivity index (χ2v) is 10.7. The third-order valence-corrected chi connectivity index (χ3v) is 8.89. The fraction of sp³-hybridized carbons (Fsp3) is 1.00. The molecular weight excluding hydrogens is 284 g/mol. The van der Waals surface area contributed by atoms with Crippen LogP contribution in [-0.4, -0.2) is 23.4 Å². The predicted molar refractivity (Wildman–Crippen MR) is 93.4 cm³/mol. The van der Waals surface area contributed by atoms with Crippen molar-refractivity contribution in [3.8, 4) is 0 Å². The van der Waals surface area contributed by atoms with Gasteiger partial charge in [0.25, 0.3) is 0 Å². The highest BCUT2D eigenvalue weighted by Gasteiger charge is 2.66. The normalized spacial score (nSPS) is 58.2. The molecule has 2 saturated carbocycles. The van der Waals surface area contributed by atoms with Gasteiger partial charge in [-0.15, -0.1) is 0 Å². The van der Waals surface area contributed by atoms with Crippen molar-refractivity contribution >= 4 is 0 Å². The van der Waals surface area contributed by atoms with E-state index >= 15 is 0 Å². The third-order valence-electron chi connectivity index (χ3n) is 8.89. The SMILES string of the molecule is CC1(C)CCC[C@]2(C)[C@H]3CC[C@]4(C)OC[C@]4(C)O[C@]3(C)CC[C@@H]12. The van der Waals surface area contributed by atoms with Gasteiger partial charge in [-0.05, 0) is 82.0 Å². The molecule has 4 rings (SSSR count). The molecule has 0 aromatic rings. The van der Waals surface area contributed by atoms with Gasteiger partial charge < -0.3 is 9.47 Å². The molecule has 0 bridgehead atoms. The van der Waals surface area contributed by atoms with E-state index in [2.05, 4.69) is 41.5 Å². The highest BCUT2D eigenvalue weighted by atomic mass is 16.6. The zero-order valence-corrected chi connectivity index (χ0v) is 16.1. The Morgan fingerprint density at radius 2 is 1.43 bits per heavy atom. The quantitative estimate of drug-likeness (QED) is 0.599. The predicted octanol–water partition coefficient (Wildman–Crippen LogP) is 5.35. The van der Waals surface area contributed by atoms with Crippen molar-refractivity contribution in [2.75, 3.05) is 6.61 Å². The van der Waals surface area contributed by atoms with E-state index in [0.717, 1.165) is 18.9 Å². The lowest BCUT2D eigenvalue weighted by molar-refractivity contribution is -0.341. The van der Waals surface area contributed by atoms with Crippen LogP contribution in [0.3, 0.4) is 0 Å². The number of ether oxygens (including phenoxy) is 2. The highest BCUT2D eigenvalue weighted by molar-refractivity contribution is 5.15. The van der Waals surface area contributed by atoms with Crippen molar-refractivity contribution < 1.29 is 9.47 Å². The van der Waals surface area contributed by atoms with Gasteiger partial charge in [0.2, 0.25) is 0 Å². The van der Waals surface area contributed by atoms with Crippen molar-refractivity contribution in [3.05, 3.63) is 0 Å². The van der Waals surface area contributed by atoms with E-state index in [-0.39, 0.29) is 16.8 Å². The van der Waals surface area contributed by atoms with Crippen LogP contribution < -0.4 is 0 Å². The monoisotopic (exact) mass is 320 g/mol. The number of hydrogen-bond donors (Lipinski definition) is 0. The van der Waals surface area contributed by atoms with Crippen molar-refractivity contribution in [2.45, 2.75) is 103 Å². The fourth-order valence-electron chi connectivity index (χ4n) is 7.29. The molecule has 2 nitrogen and oxygen atoms in total. The van der Waals surface area contributed by atoms with E-state index in [1.165, 1.54) is 38.5 Å². The summed E-state index contributed by atoms with van der Waals surface area (Å²) in [6.07, 6.45) is 9.17. The molecule has 2 saturated heterocycles. The summed E-state index contributed by atoms with van der Waals surface area (Å²) in [5.74, 6) is 1.53. The fourth-order valence-corrected chi connectivity index (χ4v) is 7.29. The summed E-state index contributed by atoms with van der Waals surface area (Å²) in [6.45, 7) is 15.4. The van der Waals surface area contributed by atoms with Gasteiger partial charge in [0, 0.05) is 0 Å². The third kappa shape index (κ3) is 2.00. The first-order valence-corrected chi connectivity index (χ1v) is 9.89. The van der Waals surface area contributed by atoms with E-state index < -0.39 is 0 Å². The average Bonchev–Trinajstić information content (AvgIpc) is 2.48. The highest BCUT2D eigenvalue weighted by Crippen LogP contribution is 2.66. The summed E-state index contributed by atoms with van der Waals surface area (Å²) < 4.78 is 13.0. The molecule has 0 radical (unpaired) electrons. The Bertz CT molecular complexity index is 514. The summed E-state index contributed by atoms with van der Waals surface area (Å²) >= 11 is 0. The van der Waals surface area contributed by atoms with Crippen LogP contribution in [0.1, 0.15) is 86.5 Å². The second kappa shape index (κ2) is 4.55. The van der Waals surface area contributed by atoms with E-state index in [1.807, 2.05) is 0 Å². The van der Waals surface area contributed by atoms with Gasteiger partial charge >= 0.3 is 0 Å². The molecule has 2 heteroatoms. The molecule has 2 aliphatic carbocycles. The lowest BCUT2D eigenvalue weighted by Crippen LogP contribution is -2.68. The van der Waals surface area contributed by atoms with Gasteiger partial charge in [-0.2, -0.15) is 0 Å². The van der Waals surface area contributed by atoms with Crippen LogP contribution in [0.5, 0.6) is 0 Å². The molecule has 23 heavy (non-hydrogen) atoms. The van der Waals surface area contributed by atoms with Gasteiger partial charge in [0.1, 0.15) is 5.60 Å². The Hall–Kier alpha value is -0.0800. The van der Waals surface area contributed by atoms with E-state index in [0.29, 0.717) is 16.7 Å². The van der Waals surface area contributed by atoms with Crippen LogP contribution >= 0.6 is 0 Å². The molecule has 0 N–H and O–H groups in total. The Kier molecular flexibility index (Phi) is 3.24. The van der Waals surface area contributed by atoms with Crippen LogP contribution in [0.15, 0.2) is 0 Å². The Balaban J connectivity index is 1.73. The minimum atomic E-state index is -0.0795. The number of fused-ring (bicyclic) bond motifs is 4. The molecule has 0 unspecified atom stereocenters. The molecule has 0 amide bonds. The minimum Gasteiger partial charge on any atom is -0.369 e. The van der Waals surface area contributed by atoms with Crippen molar-refractivity contribution in [2.24, 2.45) is 22.7 Å². The summed E-state index contributed by atoms with van der Waals surface area (Å²) in [5, 5.41) is 0. The summed E-state index contributed by atoms with van der Waals surface area (Å²) in [7, 11) is 0. The smallest absolute Gasteiger partial charge is 0.118 e. The minimum absolute atomic E-state index is 0.0367. The van der Waals surface area contributed by atoms with E-state index in [1.54, 1.807) is 0 Å². The lowest BCUT2D eigenvalue weighted by atomic mass is 9.45. The molecule has 0 spiro atoms. The largest absolute Gasteiger partial charge is 0.369 e. The molecule has 0 aromatic heterocycles. The summed E-state index contributed by atoms with van der Waals surface area (Å²) in [6, 6.07) is 0. The first-order chi connectivity index (χ1) is 10.5. The Morgan fingerprint density at radius 3 is 2.09 bits per heavy atom. The first kappa shape index (κ1) is 16.4. The van der Waals surface area contributed by atoms with Gasteiger partial charge in [-0.3, -0.25) is 0 Å². The van der Waals surface area contributed by atoms with Crippen molar-refractivity contribution in [1.82, 2.24) is 0 Å². The average molecular weight is 321 g/mol. The molecule has 4 aliphatic rings. The number of hydrogen-bond acceptors (Lipinski definition) is 2. The van der Waals surface area contributed by atoms with Gasteiger partial charge in [0.15, 0.2) is 0 Å². The first-order valence-electron chi connectivity index (χ1n) is 9.89. The summed E-state index contributed by atoms with van der Waals surface area (Å²) in [5.41, 5.74) is 0.817. The molecular formula is C21H36O2. The molecule has 0 aromatic carbocycles. The van der Waals surface area contributed by atoms with Gasteiger partial charge in [0.05, 0.1) is 17.8 Å². The topological polar surface area (TPSA) is 18.5 Å². The maximum atomic E-state index is 6.95. The maximum Gasteiger partial charge on any atom is 0.118 e. The Morgan fingerprint density at radius 1 is 0.739 bits per heavy atom. The van der Waals surface area contributed by atoms with Crippen LogP contribution in [0.25, 0.3) is 0 Å². The zero-order chi connectivity index (χ0) is 16.7. The standard InChI is InChI=1S/C21H36O2/c1-17(2)10-7-11-18(3)15(17)8-12-19(4)16(18)9-13-20(5)21(6,23-19)14-22-20/h15-16H,7-14H2,1-6H3/t15-,16+,18-,19+,20-,21-/m0/s1.